The fourth-order valence-corrected chi connectivity index (χ4v) is 8.40. The minimum atomic E-state index is -5.13. The monoisotopic (exact) mass is 967 g/mol. The average Bonchev–Trinajstić information content (AvgIpc) is 3.31. The highest BCUT2D eigenvalue weighted by Crippen LogP contribution is 2.47. The highest BCUT2D eigenvalue weighted by atomic mass is 31.2. The summed E-state index contributed by atoms with van der Waals surface area (Å²) in [7, 11) is -5.13. The van der Waals surface area contributed by atoms with Crippen LogP contribution in [0.15, 0.2) is 72.9 Å². The van der Waals surface area contributed by atoms with Crippen molar-refractivity contribution in [1.82, 2.24) is 0 Å². The number of carbonyl (C=O) groups excluding carboxylic acids is 2. The van der Waals surface area contributed by atoms with Crippen molar-refractivity contribution in [2.75, 3.05) is 13.2 Å². The van der Waals surface area contributed by atoms with Gasteiger partial charge in [-0.2, -0.15) is 0 Å². The first-order chi connectivity index (χ1) is 32.4. The van der Waals surface area contributed by atoms with E-state index in [1.54, 1.807) is 0 Å². The zero-order valence-corrected chi connectivity index (χ0v) is 42.1. The molecule has 0 saturated heterocycles. The van der Waals surface area contributed by atoms with Gasteiger partial charge in [-0.05, 0) is 83.5 Å². The molecule has 13 nitrogen and oxygen atoms in total. The van der Waals surface area contributed by atoms with Crippen LogP contribution < -0.4 is 0 Å². The van der Waals surface area contributed by atoms with E-state index in [1.165, 1.54) is 25.7 Å². The fraction of sp³-hybridized carbons (Fsp3) is 0.736. The number of aliphatic hydroxyl groups excluding tert-OH is 5. The Labute approximate surface area is 404 Å². The van der Waals surface area contributed by atoms with Gasteiger partial charge in [-0.25, -0.2) is 4.57 Å². The molecule has 6 atom stereocenters. The Hall–Kier alpha value is -2.71. The third kappa shape index (κ3) is 34.3. The van der Waals surface area contributed by atoms with Gasteiger partial charge >= 0.3 is 19.8 Å². The molecule has 0 aromatic heterocycles. The quantitative estimate of drug-likeness (QED) is 0.0146. The Balaban J connectivity index is 2.41. The molecule has 14 heteroatoms. The van der Waals surface area contributed by atoms with E-state index in [-0.39, 0.29) is 12.8 Å². The number of phosphoric acid groups is 1. The lowest BCUT2D eigenvalue weighted by molar-refractivity contribution is -0.220. The second kappa shape index (κ2) is 42.2. The standard InChI is InChI=1S/C53H91O13P/c1-3-5-7-9-11-13-15-17-19-21-22-23-24-26-28-30-32-34-36-38-40-42-47(55)65-45(44-64-67(61,62)66-53-51(59)49(57)48(56)50(58)52(53)60)43-63-46(54)41-39-37-35-33-31-29-27-25-20-18-16-14-12-10-8-6-4-2/h5,7,11-14,17-20,22-23,45,48-53,56-60H,3-4,6,8-10,15-16,21,24-44H2,1-2H3,(H,61,62)/b7-5-,13-11-,14-12-,19-17-,20-18-,23-22-. The molecule has 0 aromatic rings. The Morgan fingerprint density at radius 1 is 0.478 bits per heavy atom. The van der Waals surface area contributed by atoms with E-state index in [2.05, 4.69) is 86.8 Å². The molecule has 67 heavy (non-hydrogen) atoms. The summed E-state index contributed by atoms with van der Waals surface area (Å²) in [6.07, 6.45) is 40.8. The minimum Gasteiger partial charge on any atom is -0.462 e. The summed E-state index contributed by atoms with van der Waals surface area (Å²) < 4.78 is 33.6. The molecular weight excluding hydrogens is 876 g/mol. The number of allylic oxidation sites excluding steroid dienone is 12. The zero-order chi connectivity index (χ0) is 49.2. The van der Waals surface area contributed by atoms with Gasteiger partial charge in [0.1, 0.15) is 43.2 Å². The lowest BCUT2D eigenvalue weighted by Crippen LogP contribution is -2.64. The zero-order valence-electron chi connectivity index (χ0n) is 41.2. The number of aliphatic hydroxyl groups is 5. The Morgan fingerprint density at radius 2 is 0.851 bits per heavy atom. The Morgan fingerprint density at radius 3 is 1.30 bits per heavy atom. The second-order valence-corrected chi connectivity index (χ2v) is 19.0. The lowest BCUT2D eigenvalue weighted by atomic mass is 9.85. The second-order valence-electron chi connectivity index (χ2n) is 17.6. The number of phosphoric ester groups is 1. The molecule has 0 heterocycles. The summed E-state index contributed by atoms with van der Waals surface area (Å²) in [5, 5.41) is 50.3. The Kier molecular flexibility index (Phi) is 39.2. The molecule has 0 amide bonds. The van der Waals surface area contributed by atoms with Crippen molar-refractivity contribution in [3.63, 3.8) is 0 Å². The van der Waals surface area contributed by atoms with Crippen molar-refractivity contribution in [2.24, 2.45) is 0 Å². The summed E-state index contributed by atoms with van der Waals surface area (Å²) in [6, 6.07) is 0. The molecule has 1 aliphatic rings. The summed E-state index contributed by atoms with van der Waals surface area (Å²) in [4.78, 5) is 35.9. The van der Waals surface area contributed by atoms with E-state index < -0.39 is 75.7 Å². The number of hydrogen-bond acceptors (Lipinski definition) is 12. The summed E-state index contributed by atoms with van der Waals surface area (Å²) >= 11 is 0. The van der Waals surface area contributed by atoms with E-state index >= 15 is 0 Å². The molecule has 386 valence electrons. The van der Waals surface area contributed by atoms with E-state index in [4.69, 9.17) is 18.5 Å². The van der Waals surface area contributed by atoms with Crippen molar-refractivity contribution in [3.05, 3.63) is 72.9 Å². The first-order valence-electron chi connectivity index (χ1n) is 25.7. The number of esters is 2. The summed E-state index contributed by atoms with van der Waals surface area (Å²) in [5.41, 5.74) is 0. The summed E-state index contributed by atoms with van der Waals surface area (Å²) in [5.74, 6) is -1.12. The van der Waals surface area contributed by atoms with Gasteiger partial charge in [-0.15, -0.1) is 0 Å². The van der Waals surface area contributed by atoms with Crippen LogP contribution in [0.4, 0.5) is 0 Å². The Bertz CT molecular complexity index is 1440. The first-order valence-corrected chi connectivity index (χ1v) is 27.2. The van der Waals surface area contributed by atoms with Crippen molar-refractivity contribution in [1.29, 1.82) is 0 Å². The van der Waals surface area contributed by atoms with Crippen LogP contribution >= 0.6 is 7.82 Å². The topological polar surface area (TPSA) is 210 Å². The van der Waals surface area contributed by atoms with Gasteiger partial charge in [0.2, 0.25) is 0 Å². The van der Waals surface area contributed by atoms with Crippen LogP contribution in [0.3, 0.4) is 0 Å². The number of hydrogen-bond donors (Lipinski definition) is 6. The van der Waals surface area contributed by atoms with E-state index in [1.807, 2.05) is 0 Å². The van der Waals surface area contributed by atoms with E-state index in [0.29, 0.717) is 12.8 Å². The molecule has 1 saturated carbocycles. The molecule has 1 rings (SSSR count). The van der Waals surface area contributed by atoms with Gasteiger partial charge < -0.3 is 39.9 Å². The van der Waals surface area contributed by atoms with Crippen LogP contribution in [0.5, 0.6) is 0 Å². The molecule has 0 aliphatic heterocycles. The molecule has 1 fully saturated rings. The van der Waals surface area contributed by atoms with Crippen molar-refractivity contribution < 1.29 is 63.1 Å². The van der Waals surface area contributed by atoms with Crippen LogP contribution in [0.1, 0.15) is 194 Å². The summed E-state index contributed by atoms with van der Waals surface area (Å²) in [6.45, 7) is 3.16. The minimum absolute atomic E-state index is 0.0821. The van der Waals surface area contributed by atoms with Gasteiger partial charge in [0, 0.05) is 12.8 Å². The SMILES string of the molecule is CC/C=C\C/C=C\C/C=C\C/C=C\CCCCCCCCCCC(=O)OC(COC(=O)CCCCCCCCC/C=C\C/C=C\CCCCC)COP(=O)(O)OC1C(O)C(O)C(O)C(O)C1O. The van der Waals surface area contributed by atoms with E-state index in [0.717, 1.165) is 128 Å². The largest absolute Gasteiger partial charge is 0.472 e. The molecule has 0 spiro atoms. The lowest BCUT2D eigenvalue weighted by Gasteiger charge is -2.41. The number of ether oxygens (including phenoxy) is 2. The molecule has 6 unspecified atom stereocenters. The molecule has 1 aliphatic carbocycles. The molecule has 0 aromatic carbocycles. The first kappa shape index (κ1) is 62.3. The van der Waals surface area contributed by atoms with Crippen LogP contribution in [-0.4, -0.2) is 98.3 Å². The predicted molar refractivity (Wildman–Crippen MR) is 267 cm³/mol. The maximum Gasteiger partial charge on any atom is 0.472 e. The average molecular weight is 967 g/mol. The highest BCUT2D eigenvalue weighted by Gasteiger charge is 2.51. The van der Waals surface area contributed by atoms with Crippen LogP contribution in [0, 0.1) is 0 Å². The van der Waals surface area contributed by atoms with Crippen molar-refractivity contribution >= 4 is 19.8 Å². The number of unbranched alkanes of at least 4 members (excludes halogenated alkanes) is 18. The van der Waals surface area contributed by atoms with Crippen LogP contribution in [0.25, 0.3) is 0 Å². The molecule has 0 bridgehead atoms. The van der Waals surface area contributed by atoms with Gasteiger partial charge in [-0.3, -0.25) is 18.6 Å². The third-order valence-corrected chi connectivity index (χ3v) is 12.5. The maximum atomic E-state index is 12.9. The van der Waals surface area contributed by atoms with Crippen molar-refractivity contribution in [3.8, 4) is 0 Å². The third-order valence-electron chi connectivity index (χ3n) is 11.5. The molecular formula is C53H91O13P. The van der Waals surface area contributed by atoms with Gasteiger partial charge in [0.25, 0.3) is 0 Å². The predicted octanol–water partition coefficient (Wildman–Crippen LogP) is 11.1. The normalized spacial score (nSPS) is 21.7. The molecule has 0 radical (unpaired) electrons. The van der Waals surface area contributed by atoms with Gasteiger partial charge in [-0.1, -0.05) is 170 Å². The maximum absolute atomic E-state index is 12.9. The number of carbonyl (C=O) groups is 2. The van der Waals surface area contributed by atoms with Crippen LogP contribution in [0.2, 0.25) is 0 Å². The van der Waals surface area contributed by atoms with Gasteiger partial charge in [0.15, 0.2) is 6.10 Å². The smallest absolute Gasteiger partial charge is 0.462 e. The highest BCUT2D eigenvalue weighted by molar-refractivity contribution is 7.47. The van der Waals surface area contributed by atoms with Crippen molar-refractivity contribution in [2.45, 2.75) is 236 Å². The van der Waals surface area contributed by atoms with Crippen LogP contribution in [-0.2, 0) is 32.7 Å². The number of rotatable bonds is 42. The molecule has 6 N–H and O–H groups in total. The van der Waals surface area contributed by atoms with Gasteiger partial charge in [0.05, 0.1) is 6.61 Å². The van der Waals surface area contributed by atoms with E-state index in [9.17, 15) is 44.6 Å². The fourth-order valence-electron chi connectivity index (χ4n) is 7.43.